The van der Waals surface area contributed by atoms with Gasteiger partial charge in [-0.3, -0.25) is 10.1 Å². The fourth-order valence-electron chi connectivity index (χ4n) is 2.58. The van der Waals surface area contributed by atoms with E-state index in [4.69, 9.17) is 4.74 Å². The highest BCUT2D eigenvalue weighted by atomic mass is 16.5. The minimum atomic E-state index is -0.0928. The summed E-state index contributed by atoms with van der Waals surface area (Å²) in [7, 11) is 0. The highest BCUT2D eigenvalue weighted by Crippen LogP contribution is 2.19. The van der Waals surface area contributed by atoms with Crippen LogP contribution in [0.3, 0.4) is 0 Å². The molecule has 0 spiro atoms. The van der Waals surface area contributed by atoms with Crippen LogP contribution in [0.1, 0.15) is 33.1 Å². The van der Waals surface area contributed by atoms with Gasteiger partial charge < -0.3 is 9.64 Å². The summed E-state index contributed by atoms with van der Waals surface area (Å²) in [6.07, 6.45) is 3.29. The summed E-state index contributed by atoms with van der Waals surface area (Å²) < 4.78 is 5.38. The van der Waals surface area contributed by atoms with Crippen LogP contribution in [-0.2, 0) is 9.53 Å². The first-order valence-corrected chi connectivity index (χ1v) is 6.25. The first-order valence-electron chi connectivity index (χ1n) is 6.25. The molecule has 0 aromatic carbocycles. The average Bonchev–Trinajstić information content (AvgIpc) is 2.87. The molecule has 2 aliphatic rings. The molecule has 0 radical (unpaired) electrons. The van der Waals surface area contributed by atoms with Gasteiger partial charge in [0.15, 0.2) is 0 Å². The molecule has 2 atom stereocenters. The molecule has 2 heterocycles. The summed E-state index contributed by atoms with van der Waals surface area (Å²) in [6, 6.07) is -0.0928. The van der Waals surface area contributed by atoms with Gasteiger partial charge in [0.05, 0.1) is 12.6 Å². The summed E-state index contributed by atoms with van der Waals surface area (Å²) in [5.41, 5.74) is -0.0190. The smallest absolute Gasteiger partial charge is 0.239 e. The monoisotopic (exact) mass is 226 g/mol. The van der Waals surface area contributed by atoms with Crippen LogP contribution in [-0.4, -0.2) is 48.7 Å². The van der Waals surface area contributed by atoms with E-state index in [1.165, 1.54) is 0 Å². The Labute approximate surface area is 97.3 Å². The summed E-state index contributed by atoms with van der Waals surface area (Å²) in [5.74, 6) is 0.241. The molecule has 0 aromatic rings. The average molecular weight is 226 g/mol. The molecule has 2 fully saturated rings. The van der Waals surface area contributed by atoms with Gasteiger partial charge in [0, 0.05) is 25.2 Å². The topological polar surface area (TPSA) is 41.6 Å². The molecule has 2 rings (SSSR count). The second-order valence-electron chi connectivity index (χ2n) is 5.26. The van der Waals surface area contributed by atoms with Gasteiger partial charge >= 0.3 is 0 Å². The molecule has 1 N–H and O–H groups in total. The van der Waals surface area contributed by atoms with E-state index >= 15 is 0 Å². The van der Waals surface area contributed by atoms with E-state index in [-0.39, 0.29) is 17.5 Å². The van der Waals surface area contributed by atoms with Crippen molar-refractivity contribution in [3.63, 3.8) is 0 Å². The van der Waals surface area contributed by atoms with E-state index in [1.54, 1.807) is 0 Å². The van der Waals surface area contributed by atoms with Crippen LogP contribution in [0.5, 0.6) is 0 Å². The third-order valence-corrected chi connectivity index (χ3v) is 3.57. The predicted octanol–water partition coefficient (Wildman–Crippen LogP) is 0.766. The lowest BCUT2D eigenvalue weighted by molar-refractivity contribution is -0.132. The number of carbonyl (C=O) groups excluding carboxylic acids is 1. The number of hydrogen-bond donors (Lipinski definition) is 1. The van der Waals surface area contributed by atoms with Crippen LogP contribution in [0.4, 0.5) is 0 Å². The zero-order valence-corrected chi connectivity index (χ0v) is 10.3. The summed E-state index contributed by atoms with van der Waals surface area (Å²) in [4.78, 5) is 14.1. The van der Waals surface area contributed by atoms with Crippen molar-refractivity contribution in [2.24, 2.45) is 0 Å². The molecule has 0 aliphatic carbocycles. The van der Waals surface area contributed by atoms with Gasteiger partial charge in [-0.25, -0.2) is 0 Å². The molecular formula is C12H22N2O2. The van der Waals surface area contributed by atoms with Crippen molar-refractivity contribution >= 4 is 5.91 Å². The van der Waals surface area contributed by atoms with Gasteiger partial charge in [-0.2, -0.15) is 0 Å². The summed E-state index contributed by atoms with van der Waals surface area (Å²) in [6.45, 7) is 7.47. The van der Waals surface area contributed by atoms with Crippen molar-refractivity contribution in [2.45, 2.75) is 44.7 Å². The predicted molar refractivity (Wildman–Crippen MR) is 62.3 cm³/mol. The third kappa shape index (κ3) is 2.55. The SMILES string of the molecule is CC(NC1(C)CCOC1)C(=O)N1CCCC1. The first-order chi connectivity index (χ1) is 7.61. The van der Waals surface area contributed by atoms with E-state index < -0.39 is 0 Å². The van der Waals surface area contributed by atoms with Gasteiger partial charge in [0.25, 0.3) is 0 Å². The Morgan fingerprint density at radius 1 is 1.44 bits per heavy atom. The zero-order valence-electron chi connectivity index (χ0n) is 10.3. The maximum Gasteiger partial charge on any atom is 0.239 e. The minimum absolute atomic E-state index is 0.0190. The number of carbonyl (C=O) groups is 1. The van der Waals surface area contributed by atoms with Crippen LogP contribution in [0.15, 0.2) is 0 Å². The number of nitrogens with one attached hydrogen (secondary N) is 1. The molecule has 0 aromatic heterocycles. The van der Waals surface area contributed by atoms with Crippen molar-refractivity contribution in [2.75, 3.05) is 26.3 Å². The Balaban J connectivity index is 1.86. The van der Waals surface area contributed by atoms with E-state index in [0.29, 0.717) is 6.61 Å². The Bertz CT molecular complexity index is 256. The van der Waals surface area contributed by atoms with Gasteiger partial charge in [-0.1, -0.05) is 0 Å². The van der Waals surface area contributed by atoms with E-state index in [2.05, 4.69) is 12.2 Å². The maximum absolute atomic E-state index is 12.1. The summed E-state index contributed by atoms with van der Waals surface area (Å²) >= 11 is 0. The number of likely N-dealkylation sites (tertiary alicyclic amines) is 1. The minimum Gasteiger partial charge on any atom is -0.379 e. The molecule has 92 valence electrons. The fraction of sp³-hybridized carbons (Fsp3) is 0.917. The van der Waals surface area contributed by atoms with E-state index in [1.807, 2.05) is 11.8 Å². The molecule has 0 bridgehead atoms. The largest absolute Gasteiger partial charge is 0.379 e. The number of amides is 1. The van der Waals surface area contributed by atoms with Crippen LogP contribution < -0.4 is 5.32 Å². The zero-order chi connectivity index (χ0) is 11.6. The lowest BCUT2D eigenvalue weighted by atomic mass is 10.0. The van der Waals surface area contributed by atoms with Gasteiger partial charge in [-0.15, -0.1) is 0 Å². The highest BCUT2D eigenvalue weighted by Gasteiger charge is 2.34. The highest BCUT2D eigenvalue weighted by molar-refractivity contribution is 5.81. The lowest BCUT2D eigenvalue weighted by Crippen LogP contribution is -2.53. The van der Waals surface area contributed by atoms with Gasteiger partial charge in [0.2, 0.25) is 5.91 Å². The van der Waals surface area contributed by atoms with Crippen LogP contribution in [0.2, 0.25) is 0 Å². The Morgan fingerprint density at radius 3 is 2.69 bits per heavy atom. The maximum atomic E-state index is 12.1. The van der Waals surface area contributed by atoms with Crippen molar-refractivity contribution < 1.29 is 9.53 Å². The molecule has 2 unspecified atom stereocenters. The van der Waals surface area contributed by atoms with Crippen LogP contribution >= 0.6 is 0 Å². The molecule has 2 saturated heterocycles. The Morgan fingerprint density at radius 2 is 2.12 bits per heavy atom. The van der Waals surface area contributed by atoms with Crippen molar-refractivity contribution in [3.8, 4) is 0 Å². The number of hydrogen-bond acceptors (Lipinski definition) is 3. The van der Waals surface area contributed by atoms with E-state index in [0.717, 1.165) is 39.0 Å². The fourth-order valence-corrected chi connectivity index (χ4v) is 2.58. The van der Waals surface area contributed by atoms with Crippen molar-refractivity contribution in [1.82, 2.24) is 10.2 Å². The second kappa shape index (κ2) is 4.72. The van der Waals surface area contributed by atoms with Crippen LogP contribution in [0, 0.1) is 0 Å². The number of nitrogens with zero attached hydrogens (tertiary/aromatic N) is 1. The number of ether oxygens (including phenoxy) is 1. The Hall–Kier alpha value is -0.610. The van der Waals surface area contributed by atoms with Gasteiger partial charge in [0.1, 0.15) is 0 Å². The molecule has 2 aliphatic heterocycles. The molecule has 4 nitrogen and oxygen atoms in total. The Kier molecular flexibility index (Phi) is 3.50. The third-order valence-electron chi connectivity index (χ3n) is 3.57. The normalized spacial score (nSPS) is 32.0. The van der Waals surface area contributed by atoms with Crippen LogP contribution in [0.25, 0.3) is 0 Å². The molecule has 4 heteroatoms. The first kappa shape index (κ1) is 11.9. The number of rotatable bonds is 3. The quantitative estimate of drug-likeness (QED) is 0.772. The van der Waals surface area contributed by atoms with E-state index in [9.17, 15) is 4.79 Å². The van der Waals surface area contributed by atoms with Crippen molar-refractivity contribution in [1.29, 1.82) is 0 Å². The molecule has 16 heavy (non-hydrogen) atoms. The summed E-state index contributed by atoms with van der Waals surface area (Å²) in [5, 5.41) is 3.42. The molecule has 1 amide bonds. The molecular weight excluding hydrogens is 204 g/mol. The standard InChI is InChI=1S/C12H22N2O2/c1-10(11(15)14-6-3-4-7-14)13-12(2)5-8-16-9-12/h10,13H,3-9H2,1-2H3. The molecule has 0 saturated carbocycles. The lowest BCUT2D eigenvalue weighted by Gasteiger charge is -2.30. The second-order valence-corrected chi connectivity index (χ2v) is 5.26. The van der Waals surface area contributed by atoms with Crippen molar-refractivity contribution in [3.05, 3.63) is 0 Å². The van der Waals surface area contributed by atoms with Gasteiger partial charge in [-0.05, 0) is 33.1 Å².